The number of carbonyl (C=O) groups is 1. The van der Waals surface area contributed by atoms with Crippen LogP contribution in [0.3, 0.4) is 0 Å². The second-order valence-electron chi connectivity index (χ2n) is 9.11. The van der Waals surface area contributed by atoms with Gasteiger partial charge in [-0.2, -0.15) is 5.26 Å². The van der Waals surface area contributed by atoms with Crippen LogP contribution in [0, 0.1) is 17.1 Å². The summed E-state index contributed by atoms with van der Waals surface area (Å²) in [5.74, 6) is -0.171. The first-order valence-electron chi connectivity index (χ1n) is 10.7. The quantitative estimate of drug-likeness (QED) is 0.753. The number of nitrogens with zero attached hydrogens (tertiary/aromatic N) is 4. The van der Waals surface area contributed by atoms with E-state index >= 15 is 0 Å². The third-order valence-electron chi connectivity index (χ3n) is 5.36. The van der Waals surface area contributed by atoms with Crippen molar-refractivity contribution in [3.63, 3.8) is 0 Å². The lowest BCUT2D eigenvalue weighted by molar-refractivity contribution is 0.0500. The van der Waals surface area contributed by atoms with Crippen LogP contribution in [-0.4, -0.2) is 40.0 Å². The molecule has 0 unspecified atom stereocenters. The molecule has 1 aliphatic heterocycles. The van der Waals surface area contributed by atoms with Crippen molar-refractivity contribution in [1.29, 1.82) is 5.26 Å². The van der Waals surface area contributed by atoms with Crippen molar-refractivity contribution in [3.05, 3.63) is 62.0 Å². The molecule has 1 aromatic carbocycles. The second-order valence-corrected chi connectivity index (χ2v) is 9.11. The van der Waals surface area contributed by atoms with Crippen LogP contribution in [0.15, 0.2) is 33.9 Å². The molecule has 176 valence electrons. The van der Waals surface area contributed by atoms with Crippen LogP contribution in [-0.2, 0) is 18.3 Å². The number of hydrogen-bond acceptors (Lipinski definition) is 6. The number of amides is 1. The van der Waals surface area contributed by atoms with Crippen molar-refractivity contribution in [2.45, 2.75) is 51.8 Å². The Balaban J connectivity index is 1.94. The largest absolute Gasteiger partial charge is 0.444 e. The minimum atomic E-state index is -0.631. The molecule has 2 aromatic rings. The Kier molecular flexibility index (Phi) is 6.91. The highest BCUT2D eigenvalue weighted by atomic mass is 19.1. The zero-order valence-corrected chi connectivity index (χ0v) is 19.2. The van der Waals surface area contributed by atoms with Gasteiger partial charge in [0.05, 0.1) is 18.2 Å². The molecule has 10 heteroatoms. The lowest BCUT2D eigenvalue weighted by Gasteiger charge is -2.36. The number of aromatic nitrogens is 2. The molecule has 1 atom stereocenters. The Morgan fingerprint density at radius 1 is 1.30 bits per heavy atom. The number of alkyl carbamates (subject to hydrolysis) is 1. The van der Waals surface area contributed by atoms with Gasteiger partial charge in [0.2, 0.25) is 0 Å². The highest BCUT2D eigenvalue weighted by Crippen LogP contribution is 2.21. The van der Waals surface area contributed by atoms with Crippen molar-refractivity contribution in [2.24, 2.45) is 7.05 Å². The molecule has 1 fully saturated rings. The Hall–Kier alpha value is -3.61. The van der Waals surface area contributed by atoms with E-state index in [1.54, 1.807) is 20.8 Å². The van der Waals surface area contributed by atoms with Crippen molar-refractivity contribution in [3.8, 4) is 6.07 Å². The Labute approximate surface area is 191 Å². The lowest BCUT2D eigenvalue weighted by Crippen LogP contribution is -2.51. The average Bonchev–Trinajstić information content (AvgIpc) is 2.73. The molecule has 9 nitrogen and oxygen atoms in total. The first kappa shape index (κ1) is 24.0. The smallest absolute Gasteiger partial charge is 0.407 e. The Morgan fingerprint density at radius 3 is 2.70 bits per heavy atom. The van der Waals surface area contributed by atoms with Gasteiger partial charge in [0.15, 0.2) is 0 Å². The zero-order valence-electron chi connectivity index (χ0n) is 19.2. The van der Waals surface area contributed by atoms with Gasteiger partial charge in [-0.1, -0.05) is 0 Å². The van der Waals surface area contributed by atoms with Crippen LogP contribution < -0.4 is 21.5 Å². The molecule has 0 saturated carbocycles. The number of ether oxygens (including phenoxy) is 1. The summed E-state index contributed by atoms with van der Waals surface area (Å²) in [4.78, 5) is 39.5. The summed E-state index contributed by atoms with van der Waals surface area (Å²) in [5, 5.41) is 12.2. The summed E-state index contributed by atoms with van der Waals surface area (Å²) >= 11 is 0. The van der Waals surface area contributed by atoms with Crippen LogP contribution in [0.5, 0.6) is 0 Å². The fraction of sp³-hybridized carbons (Fsp3) is 0.478. The summed E-state index contributed by atoms with van der Waals surface area (Å²) in [6, 6.07) is 6.87. The number of nitrogens with one attached hydrogen (secondary N) is 1. The normalized spacial score (nSPS) is 16.2. The third kappa shape index (κ3) is 5.80. The van der Waals surface area contributed by atoms with Gasteiger partial charge in [-0.05, 0) is 57.4 Å². The highest BCUT2D eigenvalue weighted by molar-refractivity contribution is 5.68. The van der Waals surface area contributed by atoms with Gasteiger partial charge >= 0.3 is 11.8 Å². The number of piperidine rings is 1. The molecule has 3 rings (SSSR count). The van der Waals surface area contributed by atoms with Crippen LogP contribution >= 0.6 is 0 Å². The molecular formula is C23H28FN5O4. The average molecular weight is 458 g/mol. The van der Waals surface area contributed by atoms with Crippen molar-refractivity contribution in [2.75, 3.05) is 18.0 Å². The second kappa shape index (κ2) is 9.48. The summed E-state index contributed by atoms with van der Waals surface area (Å²) in [7, 11) is 1.37. The lowest BCUT2D eigenvalue weighted by atomic mass is 10.1. The monoisotopic (exact) mass is 457 g/mol. The Morgan fingerprint density at radius 2 is 2.03 bits per heavy atom. The van der Waals surface area contributed by atoms with Gasteiger partial charge in [-0.25, -0.2) is 14.0 Å². The maximum absolute atomic E-state index is 13.9. The number of benzene rings is 1. The van der Waals surface area contributed by atoms with Gasteiger partial charge in [0.25, 0.3) is 5.56 Å². The summed E-state index contributed by atoms with van der Waals surface area (Å²) in [6.45, 7) is 6.18. The Bertz CT molecular complexity index is 1210. The topological polar surface area (TPSA) is 109 Å². The molecule has 1 aliphatic rings. The van der Waals surface area contributed by atoms with E-state index in [1.807, 2.05) is 11.0 Å². The fourth-order valence-electron chi connectivity index (χ4n) is 3.82. The number of nitriles is 1. The number of halogens is 1. The first-order valence-corrected chi connectivity index (χ1v) is 10.7. The molecule has 0 radical (unpaired) electrons. The minimum Gasteiger partial charge on any atom is -0.444 e. The number of anilines is 1. The molecular weight excluding hydrogens is 429 g/mol. The predicted molar refractivity (Wildman–Crippen MR) is 121 cm³/mol. The van der Waals surface area contributed by atoms with E-state index in [0.29, 0.717) is 37.3 Å². The number of hydrogen-bond donors (Lipinski definition) is 1. The van der Waals surface area contributed by atoms with Crippen LogP contribution in [0.4, 0.5) is 15.0 Å². The maximum Gasteiger partial charge on any atom is 0.407 e. The predicted octanol–water partition coefficient (Wildman–Crippen LogP) is 2.10. The third-order valence-corrected chi connectivity index (χ3v) is 5.36. The number of carbonyl (C=O) groups excluding carboxylic acids is 1. The SMILES string of the molecule is Cn1c(=O)cc(N2CCC[C@@H](NC(=O)OC(C)(C)C)C2)n(Cc2cc(F)ccc2C#N)c1=O. The van der Waals surface area contributed by atoms with Crippen molar-refractivity contribution >= 4 is 11.9 Å². The molecule has 1 aromatic heterocycles. The van der Waals surface area contributed by atoms with Crippen molar-refractivity contribution in [1.82, 2.24) is 14.5 Å². The molecule has 1 amide bonds. The molecule has 1 saturated heterocycles. The van der Waals surface area contributed by atoms with Crippen LogP contribution in [0.2, 0.25) is 0 Å². The molecule has 1 N–H and O–H groups in total. The van der Waals surface area contributed by atoms with E-state index in [0.717, 1.165) is 4.57 Å². The molecule has 33 heavy (non-hydrogen) atoms. The van der Waals surface area contributed by atoms with Crippen LogP contribution in [0.1, 0.15) is 44.7 Å². The molecule has 2 heterocycles. The molecule has 0 bridgehead atoms. The standard InChI is InChI=1S/C23H28FN5O4/c1-23(2,3)33-21(31)26-18-6-5-9-28(14-18)19-11-20(30)27(4)22(32)29(19)13-16-10-17(24)8-7-15(16)12-25/h7-8,10-11,18H,5-6,9,13-14H2,1-4H3,(H,26,31)/t18-/m1/s1. The van der Waals surface area contributed by atoms with Gasteiger partial charge in [-0.3, -0.25) is 13.9 Å². The zero-order chi connectivity index (χ0) is 24.3. The van der Waals surface area contributed by atoms with E-state index in [2.05, 4.69) is 5.32 Å². The highest BCUT2D eigenvalue weighted by Gasteiger charge is 2.26. The van der Waals surface area contributed by atoms with Crippen LogP contribution in [0.25, 0.3) is 0 Å². The van der Waals surface area contributed by atoms with E-state index < -0.39 is 28.8 Å². The van der Waals surface area contributed by atoms with E-state index in [4.69, 9.17) is 4.74 Å². The van der Waals surface area contributed by atoms with Crippen molar-refractivity contribution < 1.29 is 13.9 Å². The first-order chi connectivity index (χ1) is 15.5. The van der Waals surface area contributed by atoms with E-state index in [1.165, 1.54) is 35.9 Å². The van der Waals surface area contributed by atoms with Gasteiger partial charge in [-0.15, -0.1) is 0 Å². The summed E-state index contributed by atoms with van der Waals surface area (Å²) in [6.07, 6.45) is 0.898. The van der Waals surface area contributed by atoms with Gasteiger partial charge < -0.3 is 15.0 Å². The molecule has 0 spiro atoms. The number of rotatable bonds is 4. The van der Waals surface area contributed by atoms with E-state index in [-0.39, 0.29) is 18.2 Å². The fourth-order valence-corrected chi connectivity index (χ4v) is 3.82. The summed E-state index contributed by atoms with van der Waals surface area (Å²) < 4.78 is 21.5. The van der Waals surface area contributed by atoms with E-state index in [9.17, 15) is 24.0 Å². The summed E-state index contributed by atoms with van der Waals surface area (Å²) in [5.41, 5.74) is -1.11. The molecule has 0 aliphatic carbocycles. The van der Waals surface area contributed by atoms with Gasteiger partial charge in [0, 0.05) is 32.2 Å². The minimum absolute atomic E-state index is 0.0798. The van der Waals surface area contributed by atoms with Gasteiger partial charge in [0.1, 0.15) is 17.2 Å². The maximum atomic E-state index is 13.9.